The molecule has 1 aromatic carbocycles. The normalized spacial score (nSPS) is 21.0. The molecule has 0 spiro atoms. The van der Waals surface area contributed by atoms with Gasteiger partial charge in [-0.15, -0.1) is 0 Å². The number of hydrogen-bond acceptors (Lipinski definition) is 3. The molecule has 0 radical (unpaired) electrons. The molecule has 0 saturated heterocycles. The highest BCUT2D eigenvalue weighted by atomic mass is 16.1. The summed E-state index contributed by atoms with van der Waals surface area (Å²) in [5.74, 6) is 0.691. The average Bonchev–Trinajstić information content (AvgIpc) is 2.52. The average molecular weight is 297 g/mol. The van der Waals surface area contributed by atoms with Crippen molar-refractivity contribution in [2.24, 2.45) is 5.92 Å². The van der Waals surface area contributed by atoms with Gasteiger partial charge in [-0.1, -0.05) is 25.5 Å². The smallest absolute Gasteiger partial charge is 0.150 e. The molecule has 2 aliphatic heterocycles. The van der Waals surface area contributed by atoms with Crippen LogP contribution in [-0.4, -0.2) is 30.6 Å². The van der Waals surface area contributed by atoms with Gasteiger partial charge in [0.25, 0.3) is 0 Å². The third-order valence-corrected chi connectivity index (χ3v) is 4.77. The summed E-state index contributed by atoms with van der Waals surface area (Å²) in [6.07, 6.45) is 7.10. The van der Waals surface area contributed by atoms with E-state index in [4.69, 9.17) is 0 Å². The molecule has 0 N–H and O–H groups in total. The fourth-order valence-electron chi connectivity index (χ4n) is 3.79. The van der Waals surface area contributed by atoms with Gasteiger partial charge in [-0.25, -0.2) is 0 Å². The molecule has 0 saturated carbocycles. The summed E-state index contributed by atoms with van der Waals surface area (Å²) < 4.78 is 0. The van der Waals surface area contributed by atoms with Crippen molar-refractivity contribution in [2.75, 3.05) is 13.1 Å². The summed E-state index contributed by atoms with van der Waals surface area (Å²) in [6.45, 7) is 6.59. The van der Waals surface area contributed by atoms with Crippen LogP contribution in [0.4, 0.5) is 0 Å². The number of rotatable bonds is 4. The lowest BCUT2D eigenvalue weighted by atomic mass is 9.84. The Hall–Kier alpha value is -1.74. The van der Waals surface area contributed by atoms with Gasteiger partial charge in [0, 0.05) is 30.3 Å². The maximum Gasteiger partial charge on any atom is 0.150 e. The molecule has 0 amide bonds. The monoisotopic (exact) mass is 297 g/mol. The molecule has 3 heteroatoms. The van der Waals surface area contributed by atoms with Crippen molar-refractivity contribution in [1.29, 1.82) is 0 Å². The summed E-state index contributed by atoms with van der Waals surface area (Å²) in [4.78, 5) is 24.9. The van der Waals surface area contributed by atoms with Gasteiger partial charge >= 0.3 is 0 Å². The standard InChI is InChI=1S/C19H23NO2/c1-13(2)7-14-3-4-19-18-9-17(12-22)16(11-21)8-15(18)5-6-20(19)10-14/h3,8-9,11-13,19H,4-7,10H2,1-2H3. The minimum Gasteiger partial charge on any atom is -0.298 e. The van der Waals surface area contributed by atoms with E-state index in [2.05, 4.69) is 24.8 Å². The van der Waals surface area contributed by atoms with Crippen LogP contribution >= 0.6 is 0 Å². The van der Waals surface area contributed by atoms with E-state index >= 15 is 0 Å². The Kier molecular flexibility index (Phi) is 4.25. The topological polar surface area (TPSA) is 37.4 Å². The summed E-state index contributed by atoms with van der Waals surface area (Å²) in [6, 6.07) is 4.21. The molecule has 1 unspecified atom stereocenters. The first-order valence-corrected chi connectivity index (χ1v) is 8.11. The van der Waals surface area contributed by atoms with Crippen molar-refractivity contribution in [2.45, 2.75) is 39.2 Å². The first kappa shape index (κ1) is 15.2. The molecule has 22 heavy (non-hydrogen) atoms. The van der Waals surface area contributed by atoms with E-state index in [1.165, 1.54) is 23.1 Å². The van der Waals surface area contributed by atoms with Gasteiger partial charge < -0.3 is 0 Å². The van der Waals surface area contributed by atoms with E-state index in [0.29, 0.717) is 23.1 Å². The van der Waals surface area contributed by atoms with Gasteiger partial charge in [0.2, 0.25) is 0 Å². The molecule has 0 fully saturated rings. The first-order chi connectivity index (χ1) is 10.6. The number of aldehydes is 2. The quantitative estimate of drug-likeness (QED) is 0.629. The second kappa shape index (κ2) is 6.17. The van der Waals surface area contributed by atoms with E-state index in [0.717, 1.165) is 38.5 Å². The van der Waals surface area contributed by atoms with Crippen LogP contribution in [-0.2, 0) is 6.42 Å². The number of nitrogens with zero attached hydrogens (tertiary/aromatic N) is 1. The molecule has 3 nitrogen and oxygen atoms in total. The highest BCUT2D eigenvalue weighted by molar-refractivity contribution is 5.91. The van der Waals surface area contributed by atoms with Gasteiger partial charge in [-0.05, 0) is 48.4 Å². The summed E-state index contributed by atoms with van der Waals surface area (Å²) in [7, 11) is 0. The van der Waals surface area contributed by atoms with E-state index in [1.54, 1.807) is 0 Å². The van der Waals surface area contributed by atoms with Crippen LogP contribution in [0.2, 0.25) is 0 Å². The summed E-state index contributed by atoms with van der Waals surface area (Å²) in [5, 5.41) is 0. The van der Waals surface area contributed by atoms with Crippen molar-refractivity contribution in [3.63, 3.8) is 0 Å². The number of carbonyl (C=O) groups is 2. The van der Waals surface area contributed by atoms with Crippen molar-refractivity contribution >= 4 is 12.6 Å². The lowest BCUT2D eigenvalue weighted by molar-refractivity contribution is 0.109. The Morgan fingerprint density at radius 1 is 1.23 bits per heavy atom. The van der Waals surface area contributed by atoms with Gasteiger partial charge in [0.05, 0.1) is 0 Å². The Bertz CT molecular complexity index is 631. The largest absolute Gasteiger partial charge is 0.298 e. The number of benzene rings is 1. The molecule has 0 bridgehead atoms. The highest BCUT2D eigenvalue weighted by Crippen LogP contribution is 2.37. The van der Waals surface area contributed by atoms with Crippen LogP contribution in [0.15, 0.2) is 23.8 Å². The van der Waals surface area contributed by atoms with Crippen LogP contribution < -0.4 is 0 Å². The third kappa shape index (κ3) is 2.78. The van der Waals surface area contributed by atoms with Crippen molar-refractivity contribution in [3.8, 4) is 0 Å². The fraction of sp³-hybridized carbons (Fsp3) is 0.474. The van der Waals surface area contributed by atoms with E-state index in [1.807, 2.05) is 12.1 Å². The summed E-state index contributed by atoms with van der Waals surface area (Å²) >= 11 is 0. The van der Waals surface area contributed by atoms with Crippen LogP contribution in [0.1, 0.15) is 64.6 Å². The molecular weight excluding hydrogens is 274 g/mol. The lowest BCUT2D eigenvalue weighted by Crippen LogP contribution is -2.39. The maximum absolute atomic E-state index is 11.2. The molecule has 116 valence electrons. The predicted octanol–water partition coefficient (Wildman–Crippen LogP) is 3.59. The van der Waals surface area contributed by atoms with Crippen molar-refractivity contribution in [1.82, 2.24) is 4.90 Å². The Balaban J connectivity index is 1.92. The second-order valence-corrected chi connectivity index (χ2v) is 6.85. The fourth-order valence-corrected chi connectivity index (χ4v) is 3.79. The van der Waals surface area contributed by atoms with Gasteiger partial charge in [0.15, 0.2) is 12.6 Å². The Morgan fingerprint density at radius 3 is 2.64 bits per heavy atom. The zero-order valence-electron chi connectivity index (χ0n) is 13.3. The Morgan fingerprint density at radius 2 is 1.95 bits per heavy atom. The van der Waals surface area contributed by atoms with E-state index < -0.39 is 0 Å². The molecule has 1 atom stereocenters. The number of carbonyl (C=O) groups excluding carboxylic acids is 2. The molecule has 2 aliphatic rings. The molecular formula is C19H23NO2. The SMILES string of the molecule is CC(C)CC1=CCC2c3cc(C=O)c(C=O)cc3CCN2C1. The van der Waals surface area contributed by atoms with Gasteiger partial charge in [-0.3, -0.25) is 14.5 Å². The molecule has 2 heterocycles. The van der Waals surface area contributed by atoms with Crippen LogP contribution in [0.5, 0.6) is 0 Å². The van der Waals surface area contributed by atoms with Gasteiger partial charge in [0.1, 0.15) is 0 Å². The Labute approximate surface area is 132 Å². The van der Waals surface area contributed by atoms with Crippen LogP contribution in [0.3, 0.4) is 0 Å². The molecule has 3 rings (SSSR count). The number of fused-ring (bicyclic) bond motifs is 3. The minimum absolute atomic E-state index is 0.360. The van der Waals surface area contributed by atoms with E-state index in [-0.39, 0.29) is 0 Å². The van der Waals surface area contributed by atoms with E-state index in [9.17, 15) is 9.59 Å². The second-order valence-electron chi connectivity index (χ2n) is 6.85. The molecule has 0 aliphatic carbocycles. The highest BCUT2D eigenvalue weighted by Gasteiger charge is 2.30. The number of hydrogen-bond donors (Lipinski definition) is 0. The summed E-state index contributed by atoms with van der Waals surface area (Å²) in [5.41, 5.74) is 5.05. The van der Waals surface area contributed by atoms with Crippen LogP contribution in [0.25, 0.3) is 0 Å². The minimum atomic E-state index is 0.360. The molecule has 1 aromatic rings. The zero-order chi connectivity index (χ0) is 15.7. The predicted molar refractivity (Wildman–Crippen MR) is 87.4 cm³/mol. The first-order valence-electron chi connectivity index (χ1n) is 8.11. The van der Waals surface area contributed by atoms with Crippen molar-refractivity contribution in [3.05, 3.63) is 46.0 Å². The zero-order valence-corrected chi connectivity index (χ0v) is 13.3. The maximum atomic E-state index is 11.2. The van der Waals surface area contributed by atoms with Crippen molar-refractivity contribution < 1.29 is 9.59 Å². The van der Waals surface area contributed by atoms with Crippen LogP contribution in [0, 0.1) is 5.92 Å². The van der Waals surface area contributed by atoms with Gasteiger partial charge in [-0.2, -0.15) is 0 Å². The molecule has 0 aromatic heterocycles. The third-order valence-electron chi connectivity index (χ3n) is 4.77. The lowest BCUT2D eigenvalue weighted by Gasteiger charge is -2.41.